The first-order valence-electron chi connectivity index (χ1n) is 6.89. The molecule has 4 heteroatoms. The molecule has 2 aromatic heterocycles. The fraction of sp³-hybridized carbons (Fsp3) is 0.176. The lowest BCUT2D eigenvalue weighted by atomic mass is 10.2. The van der Waals surface area contributed by atoms with Gasteiger partial charge < -0.3 is 4.74 Å². The lowest BCUT2D eigenvalue weighted by molar-refractivity contribution is 0.295. The van der Waals surface area contributed by atoms with Gasteiger partial charge in [0.05, 0.1) is 5.52 Å². The number of nitrogens with zero attached hydrogens (tertiary/aromatic N) is 3. The van der Waals surface area contributed by atoms with Crippen LogP contribution < -0.4 is 4.74 Å². The van der Waals surface area contributed by atoms with Crippen molar-refractivity contribution < 1.29 is 4.74 Å². The zero-order valence-electron chi connectivity index (χ0n) is 11.8. The summed E-state index contributed by atoms with van der Waals surface area (Å²) in [5.74, 6) is 1.53. The molecule has 4 nitrogen and oxygen atoms in total. The van der Waals surface area contributed by atoms with Gasteiger partial charge in [0, 0.05) is 6.20 Å². The molecule has 3 rings (SSSR count). The van der Waals surface area contributed by atoms with Gasteiger partial charge in [-0.2, -0.15) is 5.26 Å². The van der Waals surface area contributed by atoms with Crippen molar-refractivity contribution in [3.63, 3.8) is 0 Å². The van der Waals surface area contributed by atoms with E-state index in [2.05, 4.69) is 30.1 Å². The van der Waals surface area contributed by atoms with Crippen molar-refractivity contribution in [2.75, 3.05) is 0 Å². The molecule has 3 aromatic rings. The number of aromatic nitrogens is 2. The van der Waals surface area contributed by atoms with Crippen LogP contribution in [0.25, 0.3) is 5.52 Å². The van der Waals surface area contributed by atoms with Crippen molar-refractivity contribution in [2.24, 2.45) is 0 Å². The van der Waals surface area contributed by atoms with Gasteiger partial charge in [0.1, 0.15) is 18.4 Å². The molecule has 0 bridgehead atoms. The van der Waals surface area contributed by atoms with E-state index in [0.717, 1.165) is 23.5 Å². The second-order valence-corrected chi connectivity index (χ2v) is 4.73. The van der Waals surface area contributed by atoms with E-state index >= 15 is 0 Å². The average molecular weight is 277 g/mol. The van der Waals surface area contributed by atoms with E-state index < -0.39 is 0 Å². The fourth-order valence-corrected chi connectivity index (χ4v) is 2.25. The standard InChI is InChI=1S/C17H15N3O/c1-2-13-6-8-14(9-7-13)21-12-17-19-15(11-18)16-5-3-4-10-20(16)17/h3-10H,2,12H2,1H3. The fourth-order valence-electron chi connectivity index (χ4n) is 2.25. The van der Waals surface area contributed by atoms with Crippen LogP contribution in [0.4, 0.5) is 0 Å². The highest BCUT2D eigenvalue weighted by Crippen LogP contribution is 2.16. The minimum absolute atomic E-state index is 0.332. The Morgan fingerprint density at radius 1 is 1.19 bits per heavy atom. The van der Waals surface area contributed by atoms with Gasteiger partial charge in [-0.1, -0.05) is 25.1 Å². The lowest BCUT2D eigenvalue weighted by Gasteiger charge is -2.06. The van der Waals surface area contributed by atoms with Crippen LogP contribution in [0.3, 0.4) is 0 Å². The molecule has 21 heavy (non-hydrogen) atoms. The van der Waals surface area contributed by atoms with Gasteiger partial charge in [0.2, 0.25) is 0 Å². The number of fused-ring (bicyclic) bond motifs is 1. The second-order valence-electron chi connectivity index (χ2n) is 4.73. The van der Waals surface area contributed by atoms with Gasteiger partial charge in [0.15, 0.2) is 11.5 Å². The summed E-state index contributed by atoms with van der Waals surface area (Å²) in [5.41, 5.74) is 2.51. The van der Waals surface area contributed by atoms with Crippen molar-refractivity contribution in [2.45, 2.75) is 20.0 Å². The number of aryl methyl sites for hydroxylation is 1. The van der Waals surface area contributed by atoms with Gasteiger partial charge in [-0.05, 0) is 36.2 Å². The summed E-state index contributed by atoms with van der Waals surface area (Å²) < 4.78 is 7.65. The number of ether oxygens (including phenoxy) is 1. The van der Waals surface area contributed by atoms with Gasteiger partial charge in [-0.25, -0.2) is 4.98 Å². The second kappa shape index (κ2) is 5.68. The molecule has 0 fully saturated rings. The molecule has 0 N–H and O–H groups in total. The van der Waals surface area contributed by atoms with E-state index in [0.29, 0.717) is 12.3 Å². The van der Waals surface area contributed by atoms with Crippen molar-refractivity contribution in [3.05, 3.63) is 65.7 Å². The molecule has 0 saturated heterocycles. The predicted molar refractivity (Wildman–Crippen MR) is 80.1 cm³/mol. The van der Waals surface area contributed by atoms with Crippen LogP contribution in [0.2, 0.25) is 0 Å². The van der Waals surface area contributed by atoms with Crippen LogP contribution in [0, 0.1) is 11.3 Å². The third kappa shape index (κ3) is 2.59. The Morgan fingerprint density at radius 3 is 2.71 bits per heavy atom. The number of hydrogen-bond acceptors (Lipinski definition) is 3. The molecule has 2 heterocycles. The van der Waals surface area contributed by atoms with Gasteiger partial charge in [-0.3, -0.25) is 4.40 Å². The maximum absolute atomic E-state index is 9.13. The van der Waals surface area contributed by atoms with Crippen molar-refractivity contribution in [1.29, 1.82) is 5.26 Å². The monoisotopic (exact) mass is 277 g/mol. The topological polar surface area (TPSA) is 50.3 Å². The van der Waals surface area contributed by atoms with E-state index in [4.69, 9.17) is 10.00 Å². The number of nitriles is 1. The largest absolute Gasteiger partial charge is 0.486 e. The normalized spacial score (nSPS) is 10.5. The summed E-state index contributed by atoms with van der Waals surface area (Å²) in [6.45, 7) is 2.45. The molecule has 0 spiro atoms. The highest BCUT2D eigenvalue weighted by molar-refractivity contribution is 5.58. The maximum atomic E-state index is 9.13. The molecular weight excluding hydrogens is 262 g/mol. The van der Waals surface area contributed by atoms with Crippen molar-refractivity contribution in [1.82, 2.24) is 9.38 Å². The number of rotatable bonds is 4. The summed E-state index contributed by atoms with van der Waals surface area (Å²) in [6.07, 6.45) is 2.90. The maximum Gasteiger partial charge on any atom is 0.166 e. The van der Waals surface area contributed by atoms with Crippen LogP contribution >= 0.6 is 0 Å². The Balaban J connectivity index is 1.83. The van der Waals surface area contributed by atoms with Crippen LogP contribution in [0.5, 0.6) is 5.75 Å². The highest BCUT2D eigenvalue weighted by Gasteiger charge is 2.10. The molecule has 0 unspecified atom stereocenters. The van der Waals surface area contributed by atoms with Crippen molar-refractivity contribution >= 4 is 5.52 Å². The lowest BCUT2D eigenvalue weighted by Crippen LogP contribution is -2.01. The summed E-state index contributed by atoms with van der Waals surface area (Å²) in [7, 11) is 0. The highest BCUT2D eigenvalue weighted by atomic mass is 16.5. The Kier molecular flexibility index (Phi) is 3.57. The molecule has 0 radical (unpaired) electrons. The minimum Gasteiger partial charge on any atom is -0.486 e. The van der Waals surface area contributed by atoms with Gasteiger partial charge >= 0.3 is 0 Å². The third-order valence-corrected chi connectivity index (χ3v) is 3.43. The molecular formula is C17H15N3O. The minimum atomic E-state index is 0.332. The van der Waals surface area contributed by atoms with Crippen LogP contribution in [-0.4, -0.2) is 9.38 Å². The summed E-state index contributed by atoms with van der Waals surface area (Å²) in [4.78, 5) is 4.33. The van der Waals surface area contributed by atoms with E-state index in [1.807, 2.05) is 40.9 Å². The zero-order chi connectivity index (χ0) is 14.7. The van der Waals surface area contributed by atoms with E-state index in [9.17, 15) is 0 Å². The van der Waals surface area contributed by atoms with E-state index in [1.165, 1.54) is 5.56 Å². The Labute approximate surface area is 123 Å². The predicted octanol–water partition coefficient (Wildman–Crippen LogP) is 3.35. The zero-order valence-corrected chi connectivity index (χ0v) is 11.8. The van der Waals surface area contributed by atoms with Gasteiger partial charge in [0.25, 0.3) is 0 Å². The Bertz CT molecular complexity index is 797. The average Bonchev–Trinajstić information content (AvgIpc) is 2.91. The molecule has 0 saturated carbocycles. The van der Waals surface area contributed by atoms with Crippen molar-refractivity contribution in [3.8, 4) is 11.8 Å². The first kappa shape index (κ1) is 13.2. The summed E-state index contributed by atoms with van der Waals surface area (Å²) >= 11 is 0. The molecule has 0 atom stereocenters. The Hall–Kier alpha value is -2.80. The molecule has 0 aliphatic rings. The van der Waals surface area contributed by atoms with E-state index in [-0.39, 0.29) is 0 Å². The first-order valence-corrected chi connectivity index (χ1v) is 6.89. The van der Waals surface area contributed by atoms with E-state index in [1.54, 1.807) is 0 Å². The number of benzene rings is 1. The first-order chi connectivity index (χ1) is 10.3. The van der Waals surface area contributed by atoms with Crippen LogP contribution in [0.15, 0.2) is 48.7 Å². The van der Waals surface area contributed by atoms with Crippen LogP contribution in [0.1, 0.15) is 24.0 Å². The molecule has 1 aromatic carbocycles. The number of pyridine rings is 1. The summed E-state index contributed by atoms with van der Waals surface area (Å²) in [6, 6.07) is 15.8. The number of imidazole rings is 1. The Morgan fingerprint density at radius 2 is 2.00 bits per heavy atom. The smallest absolute Gasteiger partial charge is 0.166 e. The summed E-state index contributed by atoms with van der Waals surface area (Å²) in [5, 5.41) is 9.13. The number of hydrogen-bond donors (Lipinski definition) is 0. The quantitative estimate of drug-likeness (QED) is 0.735. The third-order valence-electron chi connectivity index (χ3n) is 3.43. The van der Waals surface area contributed by atoms with Gasteiger partial charge in [-0.15, -0.1) is 0 Å². The SMILES string of the molecule is CCc1ccc(OCc2nc(C#N)c3ccccn23)cc1. The molecule has 0 aliphatic carbocycles. The van der Waals surface area contributed by atoms with Crippen LogP contribution in [-0.2, 0) is 13.0 Å². The molecule has 0 aliphatic heterocycles. The molecule has 104 valence electrons. The molecule has 0 amide bonds.